The molecule has 4 nitrogen and oxygen atoms in total. The van der Waals surface area contributed by atoms with Gasteiger partial charge in [-0.15, -0.1) is 0 Å². The molecule has 0 bridgehead atoms. The molecule has 0 amide bonds. The Kier molecular flexibility index (Phi) is 5.68. The van der Waals surface area contributed by atoms with Crippen LogP contribution in [0.3, 0.4) is 0 Å². The number of hydrogen-bond donors (Lipinski definition) is 1. The van der Waals surface area contributed by atoms with Crippen LogP contribution in [0.4, 0.5) is 8.78 Å². The third-order valence-corrected chi connectivity index (χ3v) is 3.98. The van der Waals surface area contributed by atoms with Gasteiger partial charge in [-0.25, -0.2) is 17.2 Å². The largest absolute Gasteiger partial charge is 0.451 e. The van der Waals surface area contributed by atoms with Crippen LogP contribution in [0.2, 0.25) is 0 Å². The second kappa shape index (κ2) is 7.52. The molecule has 0 aliphatic carbocycles. The molecular weight excluding hydrogens is 324 g/mol. The summed E-state index contributed by atoms with van der Waals surface area (Å²) in [5.74, 6) is -1.29. The molecule has 0 aromatic heterocycles. The quantitative estimate of drug-likeness (QED) is 0.787. The molecule has 0 aliphatic heterocycles. The van der Waals surface area contributed by atoms with Crippen molar-refractivity contribution in [2.45, 2.75) is 6.54 Å². The molecule has 2 aromatic carbocycles. The monoisotopic (exact) mass is 341 g/mol. The van der Waals surface area contributed by atoms with Crippen molar-refractivity contribution in [3.63, 3.8) is 0 Å². The summed E-state index contributed by atoms with van der Waals surface area (Å²) in [6.07, 6.45) is 1.16. The van der Waals surface area contributed by atoms with E-state index >= 15 is 0 Å². The first-order valence-corrected chi connectivity index (χ1v) is 9.00. The second-order valence-corrected chi connectivity index (χ2v) is 7.36. The topological polar surface area (TPSA) is 55.4 Å². The first kappa shape index (κ1) is 17.4. The number of ether oxygens (including phenoxy) is 1. The number of hydrogen-bond acceptors (Lipinski definition) is 4. The molecule has 0 unspecified atom stereocenters. The minimum atomic E-state index is -3.02. The third kappa shape index (κ3) is 5.61. The van der Waals surface area contributed by atoms with Gasteiger partial charge in [-0.05, 0) is 29.8 Å². The normalized spacial score (nSPS) is 11.4. The number of rotatable bonds is 7. The molecular formula is C16H17F2NO3S. The number of nitrogens with one attached hydrogen (secondary N) is 1. The van der Waals surface area contributed by atoms with E-state index in [1.165, 1.54) is 30.3 Å². The lowest BCUT2D eigenvalue weighted by Gasteiger charge is -2.09. The SMILES string of the molecule is CS(=O)(=O)CCNCc1ccc(Oc2ccccc2F)c(F)c1. The fraction of sp³-hybridized carbons (Fsp3) is 0.250. The zero-order valence-electron chi connectivity index (χ0n) is 12.6. The predicted molar refractivity (Wildman–Crippen MR) is 84.3 cm³/mol. The Morgan fingerprint density at radius 1 is 1.04 bits per heavy atom. The molecule has 7 heteroatoms. The van der Waals surface area contributed by atoms with Gasteiger partial charge in [-0.2, -0.15) is 0 Å². The maximum Gasteiger partial charge on any atom is 0.166 e. The van der Waals surface area contributed by atoms with Gasteiger partial charge < -0.3 is 10.1 Å². The number of benzene rings is 2. The van der Waals surface area contributed by atoms with Crippen LogP contribution >= 0.6 is 0 Å². The van der Waals surface area contributed by atoms with Crippen molar-refractivity contribution in [2.24, 2.45) is 0 Å². The maximum atomic E-state index is 14.0. The van der Waals surface area contributed by atoms with Crippen molar-refractivity contribution in [3.8, 4) is 11.5 Å². The molecule has 1 N–H and O–H groups in total. The van der Waals surface area contributed by atoms with Crippen molar-refractivity contribution in [1.29, 1.82) is 0 Å². The Balaban J connectivity index is 1.97. The van der Waals surface area contributed by atoms with Crippen LogP contribution in [-0.4, -0.2) is 27.0 Å². The summed E-state index contributed by atoms with van der Waals surface area (Å²) >= 11 is 0. The summed E-state index contributed by atoms with van der Waals surface area (Å²) in [6.45, 7) is 0.611. The van der Waals surface area contributed by atoms with E-state index in [0.29, 0.717) is 12.1 Å². The van der Waals surface area contributed by atoms with Gasteiger partial charge in [-0.1, -0.05) is 18.2 Å². The summed E-state index contributed by atoms with van der Waals surface area (Å²) in [5.41, 5.74) is 0.636. The summed E-state index contributed by atoms with van der Waals surface area (Å²) in [7, 11) is -3.02. The zero-order valence-corrected chi connectivity index (χ0v) is 13.4. The van der Waals surface area contributed by atoms with Crippen molar-refractivity contribution in [3.05, 3.63) is 59.7 Å². The van der Waals surface area contributed by atoms with E-state index in [9.17, 15) is 17.2 Å². The predicted octanol–water partition coefficient (Wildman–Crippen LogP) is 2.89. The Bertz CT molecular complexity index is 779. The highest BCUT2D eigenvalue weighted by Crippen LogP contribution is 2.27. The lowest BCUT2D eigenvalue weighted by Crippen LogP contribution is -2.21. The molecule has 2 rings (SSSR count). The van der Waals surface area contributed by atoms with Crippen LogP contribution < -0.4 is 10.1 Å². The summed E-state index contributed by atoms with van der Waals surface area (Å²) in [6, 6.07) is 10.1. The van der Waals surface area contributed by atoms with E-state index in [2.05, 4.69) is 5.32 Å². The number of sulfone groups is 1. The van der Waals surface area contributed by atoms with Crippen LogP contribution in [0.1, 0.15) is 5.56 Å². The molecule has 0 fully saturated rings. The van der Waals surface area contributed by atoms with Gasteiger partial charge in [0.2, 0.25) is 0 Å². The van der Waals surface area contributed by atoms with Crippen molar-refractivity contribution < 1.29 is 21.9 Å². The highest BCUT2D eigenvalue weighted by atomic mass is 32.2. The van der Waals surface area contributed by atoms with E-state index in [4.69, 9.17) is 4.74 Å². The van der Waals surface area contributed by atoms with Crippen molar-refractivity contribution in [1.82, 2.24) is 5.32 Å². The maximum absolute atomic E-state index is 14.0. The fourth-order valence-corrected chi connectivity index (χ4v) is 2.39. The van der Waals surface area contributed by atoms with Crippen molar-refractivity contribution >= 4 is 9.84 Å². The van der Waals surface area contributed by atoms with Crippen LogP contribution in [0.15, 0.2) is 42.5 Å². The minimum Gasteiger partial charge on any atom is -0.451 e. The lowest BCUT2D eigenvalue weighted by molar-refractivity contribution is 0.414. The van der Waals surface area contributed by atoms with Gasteiger partial charge in [0, 0.05) is 19.3 Å². The average molecular weight is 341 g/mol. The van der Waals surface area contributed by atoms with Crippen LogP contribution in [-0.2, 0) is 16.4 Å². The first-order chi connectivity index (χ1) is 10.8. The van der Waals surface area contributed by atoms with E-state index in [-0.39, 0.29) is 23.8 Å². The number of halogens is 2. The summed E-state index contributed by atoms with van der Waals surface area (Å²) in [4.78, 5) is 0. The molecule has 0 atom stereocenters. The first-order valence-electron chi connectivity index (χ1n) is 6.94. The number of para-hydroxylation sites is 1. The van der Waals surface area contributed by atoms with Gasteiger partial charge >= 0.3 is 0 Å². The average Bonchev–Trinajstić information content (AvgIpc) is 2.47. The van der Waals surface area contributed by atoms with E-state index < -0.39 is 21.5 Å². The minimum absolute atomic E-state index is 0.0178. The Morgan fingerprint density at radius 2 is 1.74 bits per heavy atom. The van der Waals surface area contributed by atoms with Crippen LogP contribution in [0.5, 0.6) is 11.5 Å². The van der Waals surface area contributed by atoms with Gasteiger partial charge in [0.1, 0.15) is 9.84 Å². The Hall–Kier alpha value is -1.99. The lowest BCUT2D eigenvalue weighted by atomic mass is 10.2. The van der Waals surface area contributed by atoms with E-state index in [1.807, 2.05) is 0 Å². The molecule has 0 aliphatic rings. The molecule has 23 heavy (non-hydrogen) atoms. The van der Waals surface area contributed by atoms with E-state index in [0.717, 1.165) is 6.26 Å². The highest BCUT2D eigenvalue weighted by Gasteiger charge is 2.09. The van der Waals surface area contributed by atoms with Crippen LogP contribution in [0, 0.1) is 11.6 Å². The zero-order chi connectivity index (χ0) is 16.9. The molecule has 0 heterocycles. The molecule has 0 radical (unpaired) electrons. The molecule has 0 spiro atoms. The molecule has 124 valence electrons. The van der Waals surface area contributed by atoms with Crippen LogP contribution in [0.25, 0.3) is 0 Å². The van der Waals surface area contributed by atoms with Gasteiger partial charge in [0.25, 0.3) is 0 Å². The smallest absolute Gasteiger partial charge is 0.166 e. The molecule has 0 saturated heterocycles. The molecule has 2 aromatic rings. The molecule has 0 saturated carbocycles. The van der Waals surface area contributed by atoms with Crippen molar-refractivity contribution in [2.75, 3.05) is 18.6 Å². The van der Waals surface area contributed by atoms with E-state index in [1.54, 1.807) is 12.1 Å². The summed E-state index contributed by atoms with van der Waals surface area (Å²) < 4.78 is 54.7. The Morgan fingerprint density at radius 3 is 2.39 bits per heavy atom. The fourth-order valence-electron chi connectivity index (χ4n) is 1.87. The van der Waals surface area contributed by atoms with Gasteiger partial charge in [-0.3, -0.25) is 0 Å². The standard InChI is InChI=1S/C16H17F2NO3S/c1-23(20,21)9-8-19-11-12-6-7-16(14(18)10-12)22-15-5-3-2-4-13(15)17/h2-7,10,19H,8-9,11H2,1H3. The summed E-state index contributed by atoms with van der Waals surface area (Å²) in [5, 5.41) is 2.92. The second-order valence-electron chi connectivity index (χ2n) is 5.10. The highest BCUT2D eigenvalue weighted by molar-refractivity contribution is 7.90. The van der Waals surface area contributed by atoms with Gasteiger partial charge in [0.05, 0.1) is 5.75 Å². The van der Waals surface area contributed by atoms with Gasteiger partial charge in [0.15, 0.2) is 23.1 Å². The third-order valence-electron chi connectivity index (χ3n) is 3.03. The Labute approximate surface area is 134 Å².